The number of rotatable bonds is 6. The van der Waals surface area contributed by atoms with Gasteiger partial charge in [0.15, 0.2) is 0 Å². The van der Waals surface area contributed by atoms with Crippen molar-refractivity contribution in [1.82, 2.24) is 19.6 Å². The fourth-order valence-electron chi connectivity index (χ4n) is 2.88. The highest BCUT2D eigenvalue weighted by atomic mass is 35.5. The number of thiophene rings is 1. The zero-order chi connectivity index (χ0) is 20.5. The van der Waals surface area contributed by atoms with Crippen LogP contribution >= 0.6 is 22.9 Å². The minimum Gasteiger partial charge on any atom is -0.331 e. The van der Waals surface area contributed by atoms with Crippen LogP contribution < -0.4 is 5.56 Å². The molecule has 10 heteroatoms. The molecule has 0 spiro atoms. The molecule has 0 aliphatic heterocycles. The topological polar surface area (TPSA) is 104 Å². The molecule has 3 aromatic rings. The summed E-state index contributed by atoms with van der Waals surface area (Å²) >= 11 is 7.67. The van der Waals surface area contributed by atoms with Crippen molar-refractivity contribution in [3.8, 4) is 16.6 Å². The Morgan fingerprint density at radius 1 is 1.50 bits per heavy atom. The zero-order valence-electron chi connectivity index (χ0n) is 15.5. The van der Waals surface area contributed by atoms with Gasteiger partial charge in [-0.3, -0.25) is 14.4 Å². The molecule has 0 atom stereocenters. The lowest BCUT2D eigenvalue weighted by Gasteiger charge is -2.27. The van der Waals surface area contributed by atoms with Gasteiger partial charge in [0.05, 0.1) is 34.1 Å². The van der Waals surface area contributed by atoms with Crippen molar-refractivity contribution in [2.75, 3.05) is 6.54 Å². The minimum atomic E-state index is -0.559. The van der Waals surface area contributed by atoms with Crippen LogP contribution in [0.15, 0.2) is 22.6 Å². The van der Waals surface area contributed by atoms with Crippen LogP contribution in [0.2, 0.25) is 5.02 Å². The number of nitriles is 1. The van der Waals surface area contributed by atoms with Gasteiger partial charge in [-0.1, -0.05) is 11.6 Å². The second kappa shape index (κ2) is 7.75. The van der Waals surface area contributed by atoms with E-state index in [0.29, 0.717) is 27.5 Å². The Hall–Kier alpha value is -2.67. The van der Waals surface area contributed by atoms with Crippen LogP contribution in [-0.2, 0) is 16.2 Å². The fraction of sp³-hybridized carbons (Fsp3) is 0.333. The Labute approximate surface area is 169 Å². The molecule has 0 unspecified atom stereocenters. The molecule has 0 bridgehead atoms. The molecular formula is C18H18ClN5O3S. The highest BCUT2D eigenvalue weighted by Crippen LogP contribution is 2.38. The van der Waals surface area contributed by atoms with E-state index in [0.717, 1.165) is 0 Å². The van der Waals surface area contributed by atoms with Crippen molar-refractivity contribution in [2.45, 2.75) is 32.9 Å². The van der Waals surface area contributed by atoms with Crippen LogP contribution in [0.4, 0.5) is 0 Å². The van der Waals surface area contributed by atoms with Crippen molar-refractivity contribution >= 4 is 40.4 Å². The zero-order valence-corrected chi connectivity index (χ0v) is 17.1. The standard InChI is InChI=1S/C18H18ClN5O3S/c1-18(2,3)27-23(10-25)5-6-24-14(16-12(19)4-7-28-16)11(8-20)13-15(24)17(26)22-9-21-13/h4,7,9-10H,5-6H2,1-3H3,(H,21,22,26). The summed E-state index contributed by atoms with van der Waals surface area (Å²) < 4.78 is 1.67. The summed E-state index contributed by atoms with van der Waals surface area (Å²) in [6.07, 6.45) is 1.85. The average Bonchev–Trinajstić information content (AvgIpc) is 3.18. The SMILES string of the molecule is CC(C)(C)ON(C=O)CCn1c(-c2sccc2Cl)c(C#N)c2nc[nH]c(=O)c21. The lowest BCUT2D eigenvalue weighted by Crippen LogP contribution is -2.35. The molecule has 0 aliphatic carbocycles. The normalized spacial score (nSPS) is 11.5. The van der Waals surface area contributed by atoms with Crippen LogP contribution in [0, 0.1) is 11.3 Å². The van der Waals surface area contributed by atoms with E-state index in [9.17, 15) is 14.9 Å². The van der Waals surface area contributed by atoms with E-state index in [1.807, 2.05) is 20.8 Å². The number of nitrogens with zero attached hydrogens (tertiary/aromatic N) is 4. The first-order valence-electron chi connectivity index (χ1n) is 8.41. The fourth-order valence-corrected chi connectivity index (χ4v) is 4.09. The Morgan fingerprint density at radius 3 is 2.82 bits per heavy atom. The summed E-state index contributed by atoms with van der Waals surface area (Å²) in [5.74, 6) is 0. The van der Waals surface area contributed by atoms with Crippen LogP contribution in [0.3, 0.4) is 0 Å². The highest BCUT2D eigenvalue weighted by Gasteiger charge is 2.25. The second-order valence-electron chi connectivity index (χ2n) is 6.96. The highest BCUT2D eigenvalue weighted by molar-refractivity contribution is 7.14. The van der Waals surface area contributed by atoms with Gasteiger partial charge in [0.2, 0.25) is 6.41 Å². The van der Waals surface area contributed by atoms with E-state index in [4.69, 9.17) is 16.4 Å². The number of hydrogen-bond donors (Lipinski definition) is 1. The number of carbonyl (C=O) groups is 1. The third kappa shape index (κ3) is 3.80. The van der Waals surface area contributed by atoms with Crippen LogP contribution in [0.1, 0.15) is 26.3 Å². The predicted octanol–water partition coefficient (Wildman–Crippen LogP) is 3.17. The van der Waals surface area contributed by atoms with E-state index in [-0.39, 0.29) is 29.7 Å². The van der Waals surface area contributed by atoms with Crippen molar-refractivity contribution < 1.29 is 9.63 Å². The first kappa shape index (κ1) is 20.1. The van der Waals surface area contributed by atoms with Crippen LogP contribution in [-0.4, -0.2) is 38.2 Å². The third-order valence-corrected chi connectivity index (χ3v) is 5.19. The molecule has 0 saturated carbocycles. The molecule has 1 amide bonds. The first-order chi connectivity index (χ1) is 13.3. The first-order valence-corrected chi connectivity index (χ1v) is 9.67. The van der Waals surface area contributed by atoms with E-state index < -0.39 is 5.60 Å². The molecule has 0 aliphatic rings. The molecule has 3 aromatic heterocycles. The van der Waals surface area contributed by atoms with Gasteiger partial charge >= 0.3 is 0 Å². The minimum absolute atomic E-state index is 0.166. The van der Waals surface area contributed by atoms with Gasteiger partial charge in [0, 0.05) is 6.54 Å². The molecule has 28 heavy (non-hydrogen) atoms. The van der Waals surface area contributed by atoms with Crippen molar-refractivity contribution in [1.29, 1.82) is 5.26 Å². The van der Waals surface area contributed by atoms with E-state index in [2.05, 4.69) is 16.0 Å². The molecule has 0 saturated heterocycles. The number of aromatic amines is 1. The molecule has 0 aromatic carbocycles. The molecular weight excluding hydrogens is 402 g/mol. The maximum absolute atomic E-state index is 12.5. The molecule has 8 nitrogen and oxygen atoms in total. The van der Waals surface area contributed by atoms with Gasteiger partial charge in [-0.15, -0.1) is 11.3 Å². The quantitative estimate of drug-likeness (QED) is 0.488. The Bertz CT molecular complexity index is 1120. The number of H-pyrrole nitrogens is 1. The maximum atomic E-state index is 12.5. The van der Waals surface area contributed by atoms with Crippen LogP contribution in [0.25, 0.3) is 21.6 Å². The Balaban J connectivity index is 2.15. The van der Waals surface area contributed by atoms with Gasteiger partial charge < -0.3 is 9.55 Å². The van der Waals surface area contributed by atoms with Gasteiger partial charge in [-0.2, -0.15) is 5.26 Å². The van der Waals surface area contributed by atoms with E-state index in [1.165, 1.54) is 22.7 Å². The predicted molar refractivity (Wildman–Crippen MR) is 107 cm³/mol. The summed E-state index contributed by atoms with van der Waals surface area (Å²) in [6, 6.07) is 3.86. The maximum Gasteiger partial charge on any atom is 0.275 e. The average molecular weight is 420 g/mol. The number of fused-ring (bicyclic) bond motifs is 1. The summed E-state index contributed by atoms with van der Waals surface area (Å²) in [6.45, 7) is 5.86. The lowest BCUT2D eigenvalue weighted by atomic mass is 10.2. The Kier molecular flexibility index (Phi) is 5.56. The molecule has 3 heterocycles. The molecule has 3 rings (SSSR count). The van der Waals surface area contributed by atoms with Crippen molar-refractivity contribution in [3.63, 3.8) is 0 Å². The summed E-state index contributed by atoms with van der Waals surface area (Å²) in [5, 5.41) is 13.2. The third-order valence-electron chi connectivity index (χ3n) is 3.84. The number of hydroxylamine groups is 2. The number of amides is 1. The molecule has 0 fully saturated rings. The Morgan fingerprint density at radius 2 is 2.25 bits per heavy atom. The second-order valence-corrected chi connectivity index (χ2v) is 8.29. The van der Waals surface area contributed by atoms with Crippen molar-refractivity contribution in [3.05, 3.63) is 38.7 Å². The molecule has 0 radical (unpaired) electrons. The largest absolute Gasteiger partial charge is 0.331 e. The summed E-state index contributed by atoms with van der Waals surface area (Å²) in [4.78, 5) is 36.9. The van der Waals surface area contributed by atoms with Gasteiger partial charge in [0.1, 0.15) is 22.7 Å². The van der Waals surface area contributed by atoms with Gasteiger partial charge in [-0.25, -0.2) is 10.0 Å². The summed E-state index contributed by atoms with van der Waals surface area (Å²) in [7, 11) is 0. The molecule has 146 valence electrons. The number of nitrogens with one attached hydrogen (secondary N) is 1. The van der Waals surface area contributed by atoms with Crippen molar-refractivity contribution in [2.24, 2.45) is 0 Å². The number of halogens is 1. The van der Waals surface area contributed by atoms with Gasteiger partial charge in [0.25, 0.3) is 5.56 Å². The van der Waals surface area contributed by atoms with Crippen LogP contribution in [0.5, 0.6) is 0 Å². The number of carbonyl (C=O) groups excluding carboxylic acids is 1. The van der Waals surface area contributed by atoms with E-state index in [1.54, 1.807) is 16.0 Å². The van der Waals surface area contributed by atoms with Gasteiger partial charge in [-0.05, 0) is 32.2 Å². The molecule has 1 N–H and O–H groups in total. The number of aromatic nitrogens is 3. The smallest absolute Gasteiger partial charge is 0.275 e. The lowest BCUT2D eigenvalue weighted by molar-refractivity contribution is -0.216. The van der Waals surface area contributed by atoms with E-state index >= 15 is 0 Å². The number of hydrogen-bond acceptors (Lipinski definition) is 6. The summed E-state index contributed by atoms with van der Waals surface area (Å²) in [5.41, 5.74) is 0.370. The monoisotopic (exact) mass is 419 g/mol.